The van der Waals surface area contributed by atoms with Crippen molar-refractivity contribution in [3.63, 3.8) is 0 Å². The van der Waals surface area contributed by atoms with Crippen LogP contribution in [-0.2, 0) is 0 Å². The standard InChI is InChI=1S/C12H12N2O2/c1-8-12(7-13-9(2)14-8)16-11-5-3-10(15)4-6-11/h3-7,15H,1-2H3. The van der Waals surface area contributed by atoms with E-state index in [-0.39, 0.29) is 5.75 Å². The molecule has 1 N–H and O–H groups in total. The van der Waals surface area contributed by atoms with Gasteiger partial charge < -0.3 is 9.84 Å². The van der Waals surface area contributed by atoms with Crippen LogP contribution in [0.2, 0.25) is 0 Å². The van der Waals surface area contributed by atoms with Gasteiger partial charge in [0.25, 0.3) is 0 Å². The van der Waals surface area contributed by atoms with Gasteiger partial charge in [-0.1, -0.05) is 0 Å². The summed E-state index contributed by atoms with van der Waals surface area (Å²) in [6, 6.07) is 6.52. The highest BCUT2D eigenvalue weighted by Crippen LogP contribution is 2.24. The predicted molar refractivity (Wildman–Crippen MR) is 59.7 cm³/mol. The molecule has 0 aliphatic carbocycles. The van der Waals surface area contributed by atoms with Crippen LogP contribution in [0.3, 0.4) is 0 Å². The molecule has 2 rings (SSSR count). The lowest BCUT2D eigenvalue weighted by Crippen LogP contribution is -1.94. The van der Waals surface area contributed by atoms with E-state index < -0.39 is 0 Å². The molecule has 0 unspecified atom stereocenters. The monoisotopic (exact) mass is 216 g/mol. The summed E-state index contributed by atoms with van der Waals surface area (Å²) in [7, 11) is 0. The highest BCUT2D eigenvalue weighted by Gasteiger charge is 2.03. The summed E-state index contributed by atoms with van der Waals surface area (Å²) in [6.07, 6.45) is 1.64. The normalized spacial score (nSPS) is 10.1. The average Bonchev–Trinajstić information content (AvgIpc) is 2.25. The highest BCUT2D eigenvalue weighted by molar-refractivity contribution is 5.35. The quantitative estimate of drug-likeness (QED) is 0.838. The second kappa shape index (κ2) is 4.18. The minimum Gasteiger partial charge on any atom is -0.508 e. The zero-order chi connectivity index (χ0) is 11.5. The van der Waals surface area contributed by atoms with Crippen LogP contribution < -0.4 is 4.74 Å². The third-order valence-corrected chi connectivity index (χ3v) is 2.12. The summed E-state index contributed by atoms with van der Waals surface area (Å²) in [5, 5.41) is 9.13. The van der Waals surface area contributed by atoms with E-state index in [1.807, 2.05) is 13.8 Å². The molecule has 0 fully saturated rings. The van der Waals surface area contributed by atoms with Gasteiger partial charge in [0.15, 0.2) is 5.75 Å². The van der Waals surface area contributed by atoms with Crippen LogP contribution in [0, 0.1) is 13.8 Å². The van der Waals surface area contributed by atoms with Gasteiger partial charge in [-0.2, -0.15) is 0 Å². The van der Waals surface area contributed by atoms with Crippen molar-refractivity contribution in [3.05, 3.63) is 42.0 Å². The average molecular weight is 216 g/mol. The molecule has 1 heterocycles. The number of aryl methyl sites for hydroxylation is 2. The molecule has 1 aromatic carbocycles. The zero-order valence-corrected chi connectivity index (χ0v) is 9.14. The van der Waals surface area contributed by atoms with Crippen LogP contribution in [0.1, 0.15) is 11.5 Å². The van der Waals surface area contributed by atoms with Gasteiger partial charge in [0.1, 0.15) is 17.3 Å². The maximum atomic E-state index is 9.13. The smallest absolute Gasteiger partial charge is 0.166 e. The minimum absolute atomic E-state index is 0.212. The van der Waals surface area contributed by atoms with Gasteiger partial charge in [-0.15, -0.1) is 0 Å². The van der Waals surface area contributed by atoms with E-state index in [1.54, 1.807) is 30.5 Å². The predicted octanol–water partition coefficient (Wildman–Crippen LogP) is 2.59. The van der Waals surface area contributed by atoms with Crippen LogP contribution in [0.4, 0.5) is 0 Å². The Kier molecular flexibility index (Phi) is 2.72. The summed E-state index contributed by atoms with van der Waals surface area (Å²) in [5.74, 6) is 2.20. The number of benzene rings is 1. The number of nitrogens with zero attached hydrogens (tertiary/aromatic N) is 2. The first-order valence-corrected chi connectivity index (χ1v) is 4.92. The lowest BCUT2D eigenvalue weighted by molar-refractivity contribution is 0.460. The molecule has 0 saturated heterocycles. The van der Waals surface area contributed by atoms with Crippen molar-refractivity contribution >= 4 is 0 Å². The van der Waals surface area contributed by atoms with Gasteiger partial charge in [0.2, 0.25) is 0 Å². The Hall–Kier alpha value is -2.10. The van der Waals surface area contributed by atoms with Gasteiger partial charge in [-0.3, -0.25) is 0 Å². The number of phenolic OH excluding ortho intramolecular Hbond substituents is 1. The number of ether oxygens (including phenoxy) is 1. The second-order valence-corrected chi connectivity index (χ2v) is 3.46. The minimum atomic E-state index is 0.212. The first kappa shape index (κ1) is 10.4. The van der Waals surface area contributed by atoms with Crippen LogP contribution in [0.5, 0.6) is 17.2 Å². The Labute approximate surface area is 93.6 Å². The molecule has 0 amide bonds. The van der Waals surface area contributed by atoms with E-state index >= 15 is 0 Å². The fraction of sp³-hybridized carbons (Fsp3) is 0.167. The first-order valence-electron chi connectivity index (χ1n) is 4.92. The topological polar surface area (TPSA) is 55.2 Å². The third-order valence-electron chi connectivity index (χ3n) is 2.12. The number of hydrogen-bond donors (Lipinski definition) is 1. The van der Waals surface area contributed by atoms with E-state index in [0.29, 0.717) is 11.5 Å². The van der Waals surface area contributed by atoms with Crippen molar-refractivity contribution in [1.82, 2.24) is 9.97 Å². The van der Waals surface area contributed by atoms with Gasteiger partial charge in [0.05, 0.1) is 11.9 Å². The van der Waals surface area contributed by atoms with Gasteiger partial charge in [-0.05, 0) is 38.1 Å². The number of aromatic nitrogens is 2. The highest BCUT2D eigenvalue weighted by atomic mass is 16.5. The van der Waals surface area contributed by atoms with E-state index in [1.165, 1.54) is 0 Å². The van der Waals surface area contributed by atoms with Gasteiger partial charge >= 0.3 is 0 Å². The van der Waals surface area contributed by atoms with E-state index in [9.17, 15) is 0 Å². The molecule has 16 heavy (non-hydrogen) atoms. The summed E-state index contributed by atoms with van der Waals surface area (Å²) in [6.45, 7) is 3.70. The van der Waals surface area contributed by atoms with Gasteiger partial charge in [-0.25, -0.2) is 9.97 Å². The van der Waals surface area contributed by atoms with Crippen LogP contribution >= 0.6 is 0 Å². The third kappa shape index (κ3) is 2.28. The van der Waals surface area contributed by atoms with Crippen molar-refractivity contribution in [3.8, 4) is 17.2 Å². The van der Waals surface area contributed by atoms with Crippen molar-refractivity contribution in [2.75, 3.05) is 0 Å². The first-order chi connectivity index (χ1) is 7.65. The number of rotatable bonds is 2. The molecule has 0 aliphatic rings. The molecular formula is C12H12N2O2. The molecule has 4 nitrogen and oxygen atoms in total. The number of aromatic hydroxyl groups is 1. The van der Waals surface area contributed by atoms with Crippen LogP contribution in [0.15, 0.2) is 30.5 Å². The maximum Gasteiger partial charge on any atom is 0.166 e. The molecule has 0 aliphatic heterocycles. The molecule has 0 radical (unpaired) electrons. The number of phenols is 1. The Morgan fingerprint density at radius 3 is 2.44 bits per heavy atom. The zero-order valence-electron chi connectivity index (χ0n) is 9.14. The summed E-state index contributed by atoms with van der Waals surface area (Å²) < 4.78 is 5.58. The molecule has 0 bridgehead atoms. The van der Waals surface area contributed by atoms with Crippen LogP contribution in [-0.4, -0.2) is 15.1 Å². The SMILES string of the molecule is Cc1ncc(Oc2ccc(O)cc2)c(C)n1. The van der Waals surface area contributed by atoms with Crippen LogP contribution in [0.25, 0.3) is 0 Å². The molecule has 0 atom stereocenters. The fourth-order valence-electron chi connectivity index (χ4n) is 1.31. The Bertz CT molecular complexity index is 495. The van der Waals surface area contributed by atoms with Crippen molar-refractivity contribution in [1.29, 1.82) is 0 Å². The largest absolute Gasteiger partial charge is 0.508 e. The molecular weight excluding hydrogens is 204 g/mol. The molecule has 0 saturated carbocycles. The van der Waals surface area contributed by atoms with Gasteiger partial charge in [0, 0.05) is 0 Å². The lowest BCUT2D eigenvalue weighted by atomic mass is 10.3. The summed E-state index contributed by atoms with van der Waals surface area (Å²) >= 11 is 0. The van der Waals surface area contributed by atoms with E-state index in [2.05, 4.69) is 9.97 Å². The Balaban J connectivity index is 2.23. The summed E-state index contributed by atoms with van der Waals surface area (Å²) in [5.41, 5.74) is 0.792. The van der Waals surface area contributed by atoms with Crippen molar-refractivity contribution in [2.24, 2.45) is 0 Å². The summed E-state index contributed by atoms with van der Waals surface area (Å²) in [4.78, 5) is 8.27. The van der Waals surface area contributed by atoms with Crippen molar-refractivity contribution in [2.45, 2.75) is 13.8 Å². The Morgan fingerprint density at radius 2 is 1.81 bits per heavy atom. The van der Waals surface area contributed by atoms with E-state index in [4.69, 9.17) is 9.84 Å². The fourth-order valence-corrected chi connectivity index (χ4v) is 1.31. The Morgan fingerprint density at radius 1 is 1.12 bits per heavy atom. The second-order valence-electron chi connectivity index (χ2n) is 3.46. The van der Waals surface area contributed by atoms with E-state index in [0.717, 1.165) is 11.5 Å². The molecule has 0 spiro atoms. The van der Waals surface area contributed by atoms with Crippen molar-refractivity contribution < 1.29 is 9.84 Å². The number of hydrogen-bond acceptors (Lipinski definition) is 4. The lowest BCUT2D eigenvalue weighted by Gasteiger charge is -2.07. The molecule has 4 heteroatoms. The molecule has 1 aromatic heterocycles. The maximum absolute atomic E-state index is 9.13. The molecule has 2 aromatic rings. The molecule has 82 valence electrons.